The minimum atomic E-state index is -4.38. The molecule has 0 saturated heterocycles. The van der Waals surface area contributed by atoms with Crippen LogP contribution < -0.4 is 5.73 Å². The predicted octanol–water partition coefficient (Wildman–Crippen LogP) is 11.9. The van der Waals surface area contributed by atoms with E-state index in [0.29, 0.717) is 12.8 Å². The van der Waals surface area contributed by atoms with Gasteiger partial charge in [-0.15, -0.1) is 0 Å². The van der Waals surface area contributed by atoms with Crippen LogP contribution in [0.1, 0.15) is 181 Å². The van der Waals surface area contributed by atoms with Crippen molar-refractivity contribution in [3.05, 3.63) is 48.6 Å². The number of phosphoric acid groups is 1. The summed E-state index contributed by atoms with van der Waals surface area (Å²) in [6.45, 7) is 3.66. The molecule has 0 fully saturated rings. The van der Waals surface area contributed by atoms with Gasteiger partial charge in [-0.05, 0) is 77.0 Å². The summed E-state index contributed by atoms with van der Waals surface area (Å²) in [5.74, 6) is -0.862. The Morgan fingerprint density at radius 3 is 1.43 bits per heavy atom. The molecule has 9 nitrogen and oxygen atoms in total. The number of carbonyl (C=O) groups is 2. The number of unbranched alkanes of at least 4 members (excludes halogenated alkanes) is 18. The zero-order valence-corrected chi connectivity index (χ0v) is 34.6. The second kappa shape index (κ2) is 39.7. The maximum absolute atomic E-state index is 12.6. The van der Waals surface area contributed by atoms with E-state index in [9.17, 15) is 19.0 Å². The minimum absolute atomic E-state index is 0.0474. The van der Waals surface area contributed by atoms with E-state index in [4.69, 9.17) is 24.3 Å². The minimum Gasteiger partial charge on any atom is -0.462 e. The zero-order chi connectivity index (χ0) is 38.9. The molecule has 2 atom stereocenters. The lowest BCUT2D eigenvalue weighted by molar-refractivity contribution is -0.161. The summed E-state index contributed by atoms with van der Waals surface area (Å²) in [6, 6.07) is 0. The van der Waals surface area contributed by atoms with Crippen molar-refractivity contribution in [3.8, 4) is 0 Å². The molecule has 0 aliphatic rings. The first-order chi connectivity index (χ1) is 25.8. The van der Waals surface area contributed by atoms with Crippen LogP contribution in [0, 0.1) is 0 Å². The molecule has 0 radical (unpaired) electrons. The van der Waals surface area contributed by atoms with Crippen molar-refractivity contribution >= 4 is 19.8 Å². The molecule has 2 unspecified atom stereocenters. The summed E-state index contributed by atoms with van der Waals surface area (Å²) in [4.78, 5) is 34.8. The van der Waals surface area contributed by atoms with E-state index in [-0.39, 0.29) is 32.6 Å². The summed E-state index contributed by atoms with van der Waals surface area (Å²) >= 11 is 0. The maximum atomic E-state index is 12.6. The Morgan fingerprint density at radius 1 is 0.566 bits per heavy atom. The van der Waals surface area contributed by atoms with E-state index < -0.39 is 32.5 Å². The molecule has 0 saturated carbocycles. The molecular weight excluding hydrogens is 689 g/mol. The van der Waals surface area contributed by atoms with Gasteiger partial charge in [0.15, 0.2) is 6.10 Å². The molecule has 0 aromatic carbocycles. The van der Waals surface area contributed by atoms with Crippen molar-refractivity contribution in [2.45, 2.75) is 187 Å². The average molecular weight is 768 g/mol. The van der Waals surface area contributed by atoms with Gasteiger partial charge < -0.3 is 20.1 Å². The Morgan fingerprint density at radius 2 is 0.981 bits per heavy atom. The first kappa shape index (κ1) is 51.0. The normalized spacial score (nSPS) is 13.8. The van der Waals surface area contributed by atoms with Crippen LogP contribution in [0.3, 0.4) is 0 Å². The van der Waals surface area contributed by atoms with Gasteiger partial charge in [0.1, 0.15) is 6.61 Å². The van der Waals surface area contributed by atoms with Crippen LogP contribution in [0.2, 0.25) is 0 Å². The zero-order valence-electron chi connectivity index (χ0n) is 33.7. The average Bonchev–Trinajstić information content (AvgIpc) is 3.14. The summed E-state index contributed by atoms with van der Waals surface area (Å²) < 4.78 is 32.7. The molecule has 0 aromatic heterocycles. The Bertz CT molecular complexity index is 1010. The van der Waals surface area contributed by atoms with Crippen molar-refractivity contribution in [1.82, 2.24) is 0 Å². The van der Waals surface area contributed by atoms with Crippen molar-refractivity contribution in [1.29, 1.82) is 0 Å². The van der Waals surface area contributed by atoms with Gasteiger partial charge in [-0.1, -0.05) is 140 Å². The van der Waals surface area contributed by atoms with Gasteiger partial charge in [0.25, 0.3) is 0 Å². The standard InChI is InChI=1S/C43H78NO8P/c1-3-5-7-9-11-13-15-17-19-21-23-25-27-29-31-33-35-42(45)49-39-41(40-51-53(47,48)50-38-37-44)52-43(46)36-34-32-30-28-26-24-22-20-18-16-14-12-10-8-6-4-2/h13-16,19-22,41H,3-12,17-18,23-40,44H2,1-2H3,(H,47,48)/b15-13-,16-14-,21-19-,22-20-. The van der Waals surface area contributed by atoms with Crippen molar-refractivity contribution < 1.29 is 37.6 Å². The number of hydrogen-bond acceptors (Lipinski definition) is 8. The highest BCUT2D eigenvalue weighted by atomic mass is 31.2. The number of carbonyl (C=O) groups excluding carboxylic acids is 2. The predicted molar refractivity (Wildman–Crippen MR) is 220 cm³/mol. The molecule has 308 valence electrons. The Labute approximate surface area is 324 Å². The monoisotopic (exact) mass is 768 g/mol. The summed E-state index contributed by atoms with van der Waals surface area (Å²) in [6.07, 6.45) is 44.2. The van der Waals surface area contributed by atoms with Gasteiger partial charge in [-0.25, -0.2) is 4.57 Å². The third kappa shape index (κ3) is 39.5. The lowest BCUT2D eigenvalue weighted by atomic mass is 10.1. The van der Waals surface area contributed by atoms with Gasteiger partial charge >= 0.3 is 19.8 Å². The number of rotatable bonds is 39. The third-order valence-corrected chi connectivity index (χ3v) is 9.67. The quantitative estimate of drug-likeness (QED) is 0.0271. The smallest absolute Gasteiger partial charge is 0.462 e. The molecule has 10 heteroatoms. The molecular formula is C43H78NO8P. The number of hydrogen-bond donors (Lipinski definition) is 2. The third-order valence-electron chi connectivity index (χ3n) is 8.69. The van der Waals surface area contributed by atoms with Gasteiger partial charge in [0.05, 0.1) is 13.2 Å². The SMILES string of the molecule is CCCCCC/C=C\C/C=C\CCCCCCCC(=O)OCC(COP(=O)(O)OCCN)OC(=O)CCCCCCC/C=C\C/C=C\CCCCCC. The second-order valence-electron chi connectivity index (χ2n) is 13.8. The fourth-order valence-electron chi connectivity index (χ4n) is 5.52. The van der Waals surface area contributed by atoms with E-state index in [1.807, 2.05) is 0 Å². The van der Waals surface area contributed by atoms with Gasteiger partial charge in [-0.2, -0.15) is 0 Å². The number of nitrogens with two attached hydrogens (primary N) is 1. The lowest BCUT2D eigenvalue weighted by Gasteiger charge is -2.19. The Kier molecular flexibility index (Phi) is 38.1. The summed E-state index contributed by atoms with van der Waals surface area (Å²) in [5, 5.41) is 0. The summed E-state index contributed by atoms with van der Waals surface area (Å²) in [7, 11) is -4.38. The number of allylic oxidation sites excluding steroid dienone is 8. The van der Waals surface area contributed by atoms with Gasteiger partial charge in [0.2, 0.25) is 0 Å². The lowest BCUT2D eigenvalue weighted by Crippen LogP contribution is -2.29. The highest BCUT2D eigenvalue weighted by Crippen LogP contribution is 2.43. The largest absolute Gasteiger partial charge is 0.472 e. The van der Waals surface area contributed by atoms with E-state index in [2.05, 4.69) is 62.5 Å². The number of phosphoric ester groups is 1. The van der Waals surface area contributed by atoms with Gasteiger partial charge in [0, 0.05) is 19.4 Å². The van der Waals surface area contributed by atoms with E-state index in [0.717, 1.165) is 77.0 Å². The maximum Gasteiger partial charge on any atom is 0.472 e. The first-order valence-electron chi connectivity index (χ1n) is 21.1. The van der Waals surface area contributed by atoms with Crippen LogP contribution >= 0.6 is 7.82 Å². The Balaban J connectivity index is 4.23. The van der Waals surface area contributed by atoms with Crippen molar-refractivity contribution in [3.63, 3.8) is 0 Å². The first-order valence-corrected chi connectivity index (χ1v) is 22.6. The van der Waals surface area contributed by atoms with Crippen molar-refractivity contribution in [2.75, 3.05) is 26.4 Å². The van der Waals surface area contributed by atoms with Gasteiger partial charge in [-0.3, -0.25) is 18.6 Å². The molecule has 0 bridgehead atoms. The van der Waals surface area contributed by atoms with Crippen LogP contribution in [0.15, 0.2) is 48.6 Å². The number of ether oxygens (including phenoxy) is 2. The molecule has 0 spiro atoms. The topological polar surface area (TPSA) is 134 Å². The molecule has 0 aliphatic carbocycles. The van der Waals surface area contributed by atoms with E-state index in [1.165, 1.54) is 64.2 Å². The van der Waals surface area contributed by atoms with Crippen LogP contribution in [0.5, 0.6) is 0 Å². The van der Waals surface area contributed by atoms with Crippen LogP contribution in [-0.4, -0.2) is 49.3 Å². The molecule has 0 aliphatic heterocycles. The Hall–Kier alpha value is -2.03. The number of esters is 2. The second-order valence-corrected chi connectivity index (χ2v) is 15.3. The highest BCUT2D eigenvalue weighted by Gasteiger charge is 2.26. The van der Waals surface area contributed by atoms with Crippen LogP contribution in [-0.2, 0) is 32.7 Å². The van der Waals surface area contributed by atoms with Crippen LogP contribution in [0.25, 0.3) is 0 Å². The fourth-order valence-corrected chi connectivity index (χ4v) is 6.28. The van der Waals surface area contributed by atoms with Crippen LogP contribution in [0.4, 0.5) is 0 Å². The molecule has 0 rings (SSSR count). The molecule has 53 heavy (non-hydrogen) atoms. The molecule has 3 N–H and O–H groups in total. The molecule has 0 amide bonds. The fraction of sp³-hybridized carbons (Fsp3) is 0.767. The van der Waals surface area contributed by atoms with E-state index in [1.54, 1.807) is 0 Å². The van der Waals surface area contributed by atoms with Crippen molar-refractivity contribution in [2.24, 2.45) is 5.73 Å². The molecule has 0 aromatic rings. The molecule has 0 heterocycles. The summed E-state index contributed by atoms with van der Waals surface area (Å²) in [5.41, 5.74) is 5.34. The highest BCUT2D eigenvalue weighted by molar-refractivity contribution is 7.47. The van der Waals surface area contributed by atoms with E-state index >= 15 is 0 Å².